The Bertz CT molecular complexity index is 460. The molecule has 0 aliphatic rings. The van der Waals surface area contributed by atoms with E-state index in [1.807, 2.05) is 13.8 Å². The van der Waals surface area contributed by atoms with Crippen LogP contribution in [-0.2, 0) is 9.53 Å². The van der Waals surface area contributed by atoms with Gasteiger partial charge < -0.3 is 15.4 Å². The van der Waals surface area contributed by atoms with E-state index in [9.17, 15) is 9.59 Å². The fraction of sp³-hybridized carbons (Fsp3) is 0.467. The third-order valence-corrected chi connectivity index (χ3v) is 2.73. The molecule has 0 spiro atoms. The number of anilines is 2. The van der Waals surface area contributed by atoms with Crippen molar-refractivity contribution in [1.82, 2.24) is 5.32 Å². The van der Waals surface area contributed by atoms with Gasteiger partial charge in [0.05, 0.1) is 6.61 Å². The lowest BCUT2D eigenvalue weighted by Gasteiger charge is -2.12. The van der Waals surface area contributed by atoms with Crippen LogP contribution in [0.4, 0.5) is 16.2 Å². The Morgan fingerprint density at radius 3 is 2.19 bits per heavy atom. The van der Waals surface area contributed by atoms with Crippen LogP contribution in [0.5, 0.6) is 0 Å². The summed E-state index contributed by atoms with van der Waals surface area (Å²) >= 11 is 0. The zero-order chi connectivity index (χ0) is 15.7. The molecule has 0 saturated carbocycles. The van der Waals surface area contributed by atoms with Gasteiger partial charge in [-0.25, -0.2) is 4.79 Å². The Balaban J connectivity index is 2.47. The number of nitrogens with one attached hydrogen (secondary N) is 3. The van der Waals surface area contributed by atoms with Crippen molar-refractivity contribution in [3.05, 3.63) is 24.3 Å². The monoisotopic (exact) mass is 293 g/mol. The van der Waals surface area contributed by atoms with Gasteiger partial charge in [-0.05, 0) is 44.7 Å². The first-order chi connectivity index (χ1) is 10.0. The summed E-state index contributed by atoms with van der Waals surface area (Å²) in [5.74, 6) is -0.0467. The average Bonchev–Trinajstić information content (AvgIpc) is 2.41. The smallest absolute Gasteiger partial charge is 0.411 e. The van der Waals surface area contributed by atoms with Gasteiger partial charge in [0, 0.05) is 23.8 Å². The maximum Gasteiger partial charge on any atom is 0.411 e. The average molecular weight is 293 g/mol. The summed E-state index contributed by atoms with van der Waals surface area (Å²) in [6.07, 6.45) is -0.0785. The van der Waals surface area contributed by atoms with E-state index in [0.717, 1.165) is 6.54 Å². The SMILES string of the molecule is CCNC(C)CC(=O)Nc1ccc(NC(=O)OCC)cc1. The molecule has 6 heteroatoms. The Morgan fingerprint density at radius 2 is 1.67 bits per heavy atom. The molecule has 0 saturated heterocycles. The quantitative estimate of drug-likeness (QED) is 0.722. The van der Waals surface area contributed by atoms with Crippen LogP contribution in [0.1, 0.15) is 27.2 Å². The van der Waals surface area contributed by atoms with Gasteiger partial charge in [-0.1, -0.05) is 6.92 Å². The summed E-state index contributed by atoms with van der Waals surface area (Å²) in [6.45, 7) is 6.87. The second-order valence-electron chi connectivity index (χ2n) is 4.63. The highest BCUT2D eigenvalue weighted by atomic mass is 16.5. The summed E-state index contributed by atoms with van der Waals surface area (Å²) in [5.41, 5.74) is 1.31. The standard InChI is InChI=1S/C15H23N3O3/c1-4-16-11(3)10-14(19)17-12-6-8-13(9-7-12)18-15(20)21-5-2/h6-9,11,16H,4-5,10H2,1-3H3,(H,17,19)(H,18,20). The lowest BCUT2D eigenvalue weighted by Crippen LogP contribution is -2.30. The van der Waals surface area contributed by atoms with Gasteiger partial charge in [0.15, 0.2) is 0 Å². The van der Waals surface area contributed by atoms with Crippen LogP contribution in [-0.4, -0.2) is 31.2 Å². The first kappa shape index (κ1) is 17.0. The molecule has 0 aromatic heterocycles. The summed E-state index contributed by atoms with van der Waals surface area (Å²) in [4.78, 5) is 23.1. The van der Waals surface area contributed by atoms with Gasteiger partial charge in [0.2, 0.25) is 5.91 Å². The van der Waals surface area contributed by atoms with Gasteiger partial charge in [-0.15, -0.1) is 0 Å². The number of carbonyl (C=O) groups excluding carboxylic acids is 2. The van der Waals surface area contributed by atoms with Crippen LogP contribution >= 0.6 is 0 Å². The largest absolute Gasteiger partial charge is 0.450 e. The molecule has 0 fully saturated rings. The van der Waals surface area contributed by atoms with E-state index in [1.54, 1.807) is 31.2 Å². The second-order valence-corrected chi connectivity index (χ2v) is 4.63. The fourth-order valence-corrected chi connectivity index (χ4v) is 1.83. The van der Waals surface area contributed by atoms with Crippen molar-refractivity contribution in [2.45, 2.75) is 33.2 Å². The topological polar surface area (TPSA) is 79.5 Å². The van der Waals surface area contributed by atoms with Crippen LogP contribution < -0.4 is 16.0 Å². The highest BCUT2D eigenvalue weighted by molar-refractivity contribution is 5.91. The second kappa shape index (κ2) is 8.97. The third kappa shape index (κ3) is 6.76. The Hall–Kier alpha value is -2.08. The van der Waals surface area contributed by atoms with Crippen molar-refractivity contribution in [1.29, 1.82) is 0 Å². The summed E-state index contributed by atoms with van der Waals surface area (Å²) < 4.78 is 4.78. The maximum atomic E-state index is 11.8. The lowest BCUT2D eigenvalue weighted by molar-refractivity contribution is -0.116. The van der Waals surface area contributed by atoms with Crippen molar-refractivity contribution < 1.29 is 14.3 Å². The molecule has 21 heavy (non-hydrogen) atoms. The number of amides is 2. The van der Waals surface area contributed by atoms with Gasteiger partial charge in [-0.2, -0.15) is 0 Å². The fourth-order valence-electron chi connectivity index (χ4n) is 1.83. The predicted octanol–water partition coefficient (Wildman–Crippen LogP) is 2.58. The molecule has 1 atom stereocenters. The molecule has 116 valence electrons. The first-order valence-corrected chi connectivity index (χ1v) is 7.12. The van der Waals surface area contributed by atoms with Gasteiger partial charge in [-0.3, -0.25) is 10.1 Å². The van der Waals surface area contributed by atoms with E-state index in [1.165, 1.54) is 0 Å². The van der Waals surface area contributed by atoms with Gasteiger partial charge >= 0.3 is 6.09 Å². The van der Waals surface area contributed by atoms with Crippen molar-refractivity contribution in [3.63, 3.8) is 0 Å². The van der Waals surface area contributed by atoms with E-state index in [4.69, 9.17) is 4.74 Å². The van der Waals surface area contributed by atoms with E-state index in [0.29, 0.717) is 24.4 Å². The number of hydrogen-bond donors (Lipinski definition) is 3. The van der Waals surface area contributed by atoms with E-state index in [2.05, 4.69) is 16.0 Å². The molecule has 1 aromatic rings. The molecule has 2 amide bonds. The minimum atomic E-state index is -0.492. The van der Waals surface area contributed by atoms with Gasteiger partial charge in [0.1, 0.15) is 0 Å². The molecule has 3 N–H and O–H groups in total. The Kier molecular flexibility index (Phi) is 7.25. The molecule has 0 bridgehead atoms. The predicted molar refractivity (Wildman–Crippen MR) is 83.5 cm³/mol. The molecular formula is C15H23N3O3. The minimum absolute atomic E-state index is 0.0467. The molecule has 1 unspecified atom stereocenters. The summed E-state index contributed by atoms with van der Waals surface area (Å²) in [7, 11) is 0. The van der Waals surface area contributed by atoms with E-state index < -0.39 is 6.09 Å². The summed E-state index contributed by atoms with van der Waals surface area (Å²) in [6, 6.07) is 7.02. The van der Waals surface area contributed by atoms with Gasteiger partial charge in [0.25, 0.3) is 0 Å². The number of rotatable bonds is 7. The van der Waals surface area contributed by atoms with Crippen molar-refractivity contribution in [3.8, 4) is 0 Å². The Labute approximate surface area is 125 Å². The normalized spacial score (nSPS) is 11.6. The molecule has 0 aliphatic carbocycles. The van der Waals surface area contributed by atoms with Crippen molar-refractivity contribution in [2.75, 3.05) is 23.8 Å². The van der Waals surface area contributed by atoms with Crippen LogP contribution in [0.2, 0.25) is 0 Å². The minimum Gasteiger partial charge on any atom is -0.450 e. The number of ether oxygens (including phenoxy) is 1. The molecule has 0 radical (unpaired) electrons. The third-order valence-electron chi connectivity index (χ3n) is 2.73. The maximum absolute atomic E-state index is 11.8. The number of hydrogen-bond acceptors (Lipinski definition) is 4. The zero-order valence-corrected chi connectivity index (χ0v) is 12.7. The van der Waals surface area contributed by atoms with Crippen molar-refractivity contribution >= 4 is 23.4 Å². The molecule has 1 rings (SSSR count). The van der Waals surface area contributed by atoms with Crippen molar-refractivity contribution in [2.24, 2.45) is 0 Å². The van der Waals surface area contributed by atoms with Crippen LogP contribution in [0.25, 0.3) is 0 Å². The number of carbonyl (C=O) groups is 2. The number of benzene rings is 1. The van der Waals surface area contributed by atoms with E-state index >= 15 is 0 Å². The molecule has 0 aliphatic heterocycles. The molecule has 1 aromatic carbocycles. The van der Waals surface area contributed by atoms with Crippen LogP contribution in [0.3, 0.4) is 0 Å². The highest BCUT2D eigenvalue weighted by Gasteiger charge is 2.08. The molecule has 0 heterocycles. The highest BCUT2D eigenvalue weighted by Crippen LogP contribution is 2.14. The molecule has 6 nitrogen and oxygen atoms in total. The molecular weight excluding hydrogens is 270 g/mol. The lowest BCUT2D eigenvalue weighted by atomic mass is 10.2. The Morgan fingerprint density at radius 1 is 1.10 bits per heavy atom. The van der Waals surface area contributed by atoms with E-state index in [-0.39, 0.29) is 11.9 Å². The summed E-state index contributed by atoms with van der Waals surface area (Å²) in [5, 5.41) is 8.59. The van der Waals surface area contributed by atoms with Crippen LogP contribution in [0.15, 0.2) is 24.3 Å². The van der Waals surface area contributed by atoms with Crippen LogP contribution in [0, 0.1) is 0 Å². The first-order valence-electron chi connectivity index (χ1n) is 7.12. The zero-order valence-electron chi connectivity index (χ0n) is 12.7.